The predicted molar refractivity (Wildman–Crippen MR) is 116 cm³/mol. The third-order valence-electron chi connectivity index (χ3n) is 5.84. The minimum absolute atomic E-state index is 0.0491. The summed E-state index contributed by atoms with van der Waals surface area (Å²) in [7, 11) is 0. The van der Waals surface area contributed by atoms with E-state index in [2.05, 4.69) is 15.7 Å². The smallest absolute Gasteiger partial charge is 0.262 e. The second-order valence-electron chi connectivity index (χ2n) is 9.40. The fourth-order valence-electron chi connectivity index (χ4n) is 3.90. The van der Waals surface area contributed by atoms with Gasteiger partial charge in [0, 0.05) is 12.7 Å². The summed E-state index contributed by atoms with van der Waals surface area (Å²) >= 11 is 0. The van der Waals surface area contributed by atoms with Crippen molar-refractivity contribution in [1.29, 1.82) is 0 Å². The van der Waals surface area contributed by atoms with Gasteiger partial charge < -0.3 is 15.7 Å². The molecule has 0 radical (unpaired) electrons. The predicted octanol–water partition coefficient (Wildman–Crippen LogP) is 1.80. The van der Waals surface area contributed by atoms with Gasteiger partial charge in [0.2, 0.25) is 5.91 Å². The van der Waals surface area contributed by atoms with Crippen LogP contribution in [0, 0.1) is 18.8 Å². The summed E-state index contributed by atoms with van der Waals surface area (Å²) in [6.07, 6.45) is 8.69. The van der Waals surface area contributed by atoms with Crippen LogP contribution in [0.15, 0.2) is 12.4 Å². The lowest BCUT2D eigenvalue weighted by atomic mass is 9.83. The third-order valence-corrected chi connectivity index (χ3v) is 5.84. The van der Waals surface area contributed by atoms with Crippen LogP contribution >= 0.6 is 0 Å². The molecule has 1 aromatic rings. The Bertz CT molecular complexity index is 695. The number of nitrogens with zero attached hydrogens (tertiary/aromatic N) is 2. The number of carbonyl (C=O) groups is 2. The molecule has 0 aliphatic heterocycles. The molecule has 8 heteroatoms. The van der Waals surface area contributed by atoms with E-state index >= 15 is 0 Å². The Labute approximate surface area is 180 Å². The molecule has 1 aliphatic rings. The summed E-state index contributed by atoms with van der Waals surface area (Å²) in [5.74, 6) is 0.123. The first-order chi connectivity index (χ1) is 14.1. The molecule has 5 N–H and O–H groups in total. The summed E-state index contributed by atoms with van der Waals surface area (Å²) < 4.78 is 1.43. The number of aliphatic hydroxyl groups excluding tert-OH is 1. The molecule has 1 aliphatic carbocycles. The first kappa shape index (κ1) is 24.3. The SMILES string of the molecule is Cc1cnn([C@](C)(N)C(=O)NC(CC2CCCCC2)C(O)CC(=O)NCC(C)C)c1. The van der Waals surface area contributed by atoms with Crippen molar-refractivity contribution < 1.29 is 14.7 Å². The van der Waals surface area contributed by atoms with Gasteiger partial charge in [-0.2, -0.15) is 5.10 Å². The van der Waals surface area contributed by atoms with Gasteiger partial charge in [-0.3, -0.25) is 15.3 Å². The maximum Gasteiger partial charge on any atom is 0.262 e. The number of nitrogens with two attached hydrogens (primary N) is 1. The van der Waals surface area contributed by atoms with Crippen LogP contribution in [0.3, 0.4) is 0 Å². The minimum Gasteiger partial charge on any atom is -0.390 e. The van der Waals surface area contributed by atoms with E-state index < -0.39 is 23.7 Å². The first-order valence-electron chi connectivity index (χ1n) is 11.2. The zero-order valence-corrected chi connectivity index (χ0v) is 18.9. The van der Waals surface area contributed by atoms with Gasteiger partial charge in [0.15, 0.2) is 5.66 Å². The number of aliphatic hydroxyl groups is 1. The van der Waals surface area contributed by atoms with E-state index in [-0.39, 0.29) is 12.3 Å². The highest BCUT2D eigenvalue weighted by atomic mass is 16.3. The van der Waals surface area contributed by atoms with Crippen molar-refractivity contribution in [2.45, 2.75) is 90.4 Å². The van der Waals surface area contributed by atoms with Crippen molar-refractivity contribution in [3.8, 4) is 0 Å². The summed E-state index contributed by atoms with van der Waals surface area (Å²) in [4.78, 5) is 25.3. The number of aryl methyl sites for hydroxylation is 1. The van der Waals surface area contributed by atoms with Gasteiger partial charge in [-0.1, -0.05) is 46.0 Å². The molecule has 1 fully saturated rings. The number of hydrogen-bond donors (Lipinski definition) is 4. The third kappa shape index (κ3) is 7.09. The highest BCUT2D eigenvalue weighted by Crippen LogP contribution is 2.28. The van der Waals surface area contributed by atoms with Gasteiger partial charge in [-0.25, -0.2) is 4.68 Å². The molecule has 170 valence electrons. The number of rotatable bonds is 10. The van der Waals surface area contributed by atoms with Gasteiger partial charge in [-0.15, -0.1) is 0 Å². The lowest BCUT2D eigenvalue weighted by molar-refractivity contribution is -0.132. The second kappa shape index (κ2) is 10.9. The molecule has 0 bridgehead atoms. The number of aromatic nitrogens is 2. The molecule has 1 heterocycles. The van der Waals surface area contributed by atoms with Crippen LogP contribution in [-0.4, -0.2) is 45.4 Å². The van der Waals surface area contributed by atoms with Crippen LogP contribution in [0.1, 0.15) is 71.3 Å². The molecule has 0 saturated heterocycles. The maximum absolute atomic E-state index is 13.0. The Morgan fingerprint density at radius 1 is 1.33 bits per heavy atom. The molecule has 8 nitrogen and oxygen atoms in total. The molecule has 0 spiro atoms. The molecule has 3 atom stereocenters. The van der Waals surface area contributed by atoms with Gasteiger partial charge in [-0.05, 0) is 37.7 Å². The zero-order chi connectivity index (χ0) is 22.3. The maximum atomic E-state index is 13.0. The van der Waals surface area contributed by atoms with Crippen molar-refractivity contribution in [2.75, 3.05) is 6.54 Å². The molecule has 30 heavy (non-hydrogen) atoms. The monoisotopic (exact) mass is 421 g/mol. The van der Waals surface area contributed by atoms with Crippen LogP contribution in [0.5, 0.6) is 0 Å². The fraction of sp³-hybridized carbons (Fsp3) is 0.773. The lowest BCUT2D eigenvalue weighted by Gasteiger charge is -2.33. The van der Waals surface area contributed by atoms with Gasteiger partial charge >= 0.3 is 0 Å². The average Bonchev–Trinajstić information content (AvgIpc) is 3.13. The normalized spacial score (nSPS) is 19.2. The van der Waals surface area contributed by atoms with Crippen LogP contribution in [0.25, 0.3) is 0 Å². The van der Waals surface area contributed by atoms with Crippen LogP contribution < -0.4 is 16.4 Å². The standard InChI is InChI=1S/C22H39N5O3/c1-15(2)12-24-20(29)11-19(28)18(10-17-8-6-5-7-9-17)26-21(30)22(4,23)27-14-16(3)13-25-27/h13-15,17-19,28H,5-12,23H2,1-4H3,(H,24,29)(H,26,30)/t18?,19?,22-/m0/s1. The number of hydrogen-bond acceptors (Lipinski definition) is 5. The van der Waals surface area contributed by atoms with Crippen molar-refractivity contribution in [3.05, 3.63) is 18.0 Å². The first-order valence-corrected chi connectivity index (χ1v) is 11.2. The molecule has 2 rings (SSSR count). The molecule has 1 aromatic heterocycles. The zero-order valence-electron chi connectivity index (χ0n) is 18.9. The Hall–Kier alpha value is -1.93. The Balaban J connectivity index is 2.07. The largest absolute Gasteiger partial charge is 0.390 e. The Kier molecular flexibility index (Phi) is 8.85. The van der Waals surface area contributed by atoms with Crippen LogP contribution in [-0.2, 0) is 15.3 Å². The highest BCUT2D eigenvalue weighted by Gasteiger charge is 2.35. The second-order valence-corrected chi connectivity index (χ2v) is 9.40. The Morgan fingerprint density at radius 3 is 2.57 bits per heavy atom. The average molecular weight is 422 g/mol. The van der Waals surface area contributed by atoms with E-state index in [1.807, 2.05) is 20.8 Å². The van der Waals surface area contributed by atoms with Crippen molar-refractivity contribution in [2.24, 2.45) is 17.6 Å². The van der Waals surface area contributed by atoms with E-state index in [9.17, 15) is 14.7 Å². The topological polar surface area (TPSA) is 122 Å². The van der Waals surface area contributed by atoms with E-state index in [1.165, 1.54) is 11.1 Å². The van der Waals surface area contributed by atoms with Crippen molar-refractivity contribution in [1.82, 2.24) is 20.4 Å². The molecule has 2 unspecified atom stereocenters. The van der Waals surface area contributed by atoms with E-state index in [0.717, 1.165) is 31.2 Å². The molecule has 0 aromatic carbocycles. The molecule has 2 amide bonds. The molecule has 1 saturated carbocycles. The summed E-state index contributed by atoms with van der Waals surface area (Å²) in [5.41, 5.74) is 5.80. The van der Waals surface area contributed by atoms with E-state index in [1.54, 1.807) is 19.3 Å². The van der Waals surface area contributed by atoms with Gasteiger partial charge in [0.25, 0.3) is 5.91 Å². The molecular weight excluding hydrogens is 382 g/mol. The van der Waals surface area contributed by atoms with E-state index in [4.69, 9.17) is 5.73 Å². The van der Waals surface area contributed by atoms with Crippen molar-refractivity contribution >= 4 is 11.8 Å². The van der Waals surface area contributed by atoms with Crippen molar-refractivity contribution in [3.63, 3.8) is 0 Å². The number of nitrogens with one attached hydrogen (secondary N) is 2. The van der Waals surface area contributed by atoms with Crippen LogP contribution in [0.4, 0.5) is 0 Å². The minimum atomic E-state index is -1.39. The fourth-order valence-corrected chi connectivity index (χ4v) is 3.90. The quantitative estimate of drug-likeness (QED) is 0.459. The highest BCUT2D eigenvalue weighted by molar-refractivity contribution is 5.83. The summed E-state index contributed by atoms with van der Waals surface area (Å²) in [5, 5.41) is 20.8. The van der Waals surface area contributed by atoms with Gasteiger partial charge in [0.05, 0.1) is 24.8 Å². The summed E-state index contributed by atoms with van der Waals surface area (Å²) in [6, 6.07) is -0.537. The molecular formula is C22H39N5O3. The van der Waals surface area contributed by atoms with Crippen LogP contribution in [0.2, 0.25) is 0 Å². The number of amides is 2. The van der Waals surface area contributed by atoms with E-state index in [0.29, 0.717) is 24.8 Å². The number of carbonyl (C=O) groups excluding carboxylic acids is 2. The lowest BCUT2D eigenvalue weighted by Crippen LogP contribution is -2.58. The Morgan fingerprint density at radius 2 is 2.00 bits per heavy atom. The van der Waals surface area contributed by atoms with Gasteiger partial charge in [0.1, 0.15) is 0 Å². The summed E-state index contributed by atoms with van der Waals surface area (Å²) in [6.45, 7) is 8.06.